The normalized spacial score (nSPS) is 9.58. The third-order valence-electron chi connectivity index (χ3n) is 2.00. The number of rotatable bonds is 2. The van der Waals surface area contributed by atoms with Crippen LogP contribution in [-0.2, 0) is 0 Å². The highest BCUT2D eigenvalue weighted by molar-refractivity contribution is 8.22. The maximum Gasteiger partial charge on any atom is 0.284 e. The number of hydrogen-bond donors (Lipinski definition) is 3. The van der Waals surface area contributed by atoms with Gasteiger partial charge in [-0.05, 0) is 36.9 Å². The molecular weight excluding hydrogens is 318 g/mol. The molecule has 0 aliphatic heterocycles. The molecule has 4 nitrogen and oxygen atoms in total. The SMILES string of the molecule is CSC(=O)NC(=S)Nc1ccccc1NC(=S)SC. The number of nitrogens with one attached hydrogen (secondary N) is 3. The second kappa shape index (κ2) is 8.36. The van der Waals surface area contributed by atoms with E-state index in [0.29, 0.717) is 4.32 Å². The molecule has 1 rings (SSSR count). The summed E-state index contributed by atoms with van der Waals surface area (Å²) in [7, 11) is 0. The smallest absolute Gasteiger partial charge is 0.284 e. The Bertz CT molecular complexity index is 493. The molecular formula is C11H13N3OS4. The fourth-order valence-electron chi connectivity index (χ4n) is 1.16. The summed E-state index contributed by atoms with van der Waals surface area (Å²) in [6, 6.07) is 7.49. The highest BCUT2D eigenvalue weighted by atomic mass is 32.2. The Labute approximate surface area is 131 Å². The van der Waals surface area contributed by atoms with Crippen LogP contribution in [0.4, 0.5) is 16.2 Å². The first kappa shape index (κ1) is 16.2. The van der Waals surface area contributed by atoms with E-state index < -0.39 is 0 Å². The molecule has 8 heteroatoms. The minimum Gasteiger partial charge on any atom is -0.339 e. The molecule has 1 aromatic rings. The molecule has 0 radical (unpaired) electrons. The number of carbonyl (C=O) groups excluding carboxylic acids is 1. The second-order valence-corrected chi connectivity index (χ2v) is 5.90. The van der Waals surface area contributed by atoms with E-state index >= 15 is 0 Å². The molecule has 1 amide bonds. The van der Waals surface area contributed by atoms with Crippen molar-refractivity contribution in [1.82, 2.24) is 5.32 Å². The highest BCUT2D eigenvalue weighted by Crippen LogP contribution is 2.22. The van der Waals surface area contributed by atoms with Crippen LogP contribution in [0.5, 0.6) is 0 Å². The van der Waals surface area contributed by atoms with E-state index in [1.165, 1.54) is 11.8 Å². The first-order chi connectivity index (χ1) is 9.06. The lowest BCUT2D eigenvalue weighted by molar-refractivity contribution is 0.264. The molecule has 0 bridgehead atoms. The van der Waals surface area contributed by atoms with Crippen molar-refractivity contribution < 1.29 is 4.79 Å². The first-order valence-corrected chi connectivity index (χ1v) is 8.43. The molecule has 0 aliphatic rings. The summed E-state index contributed by atoms with van der Waals surface area (Å²) in [5.74, 6) is 0. The van der Waals surface area contributed by atoms with Crippen molar-refractivity contribution in [1.29, 1.82) is 0 Å². The average Bonchev–Trinajstić information content (AvgIpc) is 2.40. The van der Waals surface area contributed by atoms with Crippen molar-refractivity contribution in [2.24, 2.45) is 0 Å². The Hall–Kier alpha value is -0.830. The maximum atomic E-state index is 11.2. The molecule has 0 saturated heterocycles. The molecule has 0 atom stereocenters. The van der Waals surface area contributed by atoms with Crippen LogP contribution < -0.4 is 16.0 Å². The molecule has 0 heterocycles. The van der Waals surface area contributed by atoms with Gasteiger partial charge in [-0.3, -0.25) is 10.1 Å². The van der Waals surface area contributed by atoms with Gasteiger partial charge in [-0.25, -0.2) is 0 Å². The zero-order valence-corrected chi connectivity index (χ0v) is 13.6. The van der Waals surface area contributed by atoms with Gasteiger partial charge in [0.25, 0.3) is 5.24 Å². The van der Waals surface area contributed by atoms with Gasteiger partial charge < -0.3 is 10.6 Å². The molecule has 0 fully saturated rings. The highest BCUT2D eigenvalue weighted by Gasteiger charge is 2.07. The van der Waals surface area contributed by atoms with E-state index in [2.05, 4.69) is 16.0 Å². The van der Waals surface area contributed by atoms with Crippen LogP contribution in [0.2, 0.25) is 0 Å². The summed E-state index contributed by atoms with van der Waals surface area (Å²) in [6.07, 6.45) is 3.58. The molecule has 102 valence electrons. The third-order valence-corrected chi connectivity index (χ3v) is 3.75. The largest absolute Gasteiger partial charge is 0.339 e. The van der Waals surface area contributed by atoms with Crippen LogP contribution in [0.3, 0.4) is 0 Å². The van der Waals surface area contributed by atoms with Gasteiger partial charge in [0.15, 0.2) is 5.11 Å². The van der Waals surface area contributed by atoms with Gasteiger partial charge in [-0.15, -0.1) is 11.8 Å². The lowest BCUT2D eigenvalue weighted by atomic mass is 10.2. The topological polar surface area (TPSA) is 53.2 Å². The molecule has 0 unspecified atom stereocenters. The van der Waals surface area contributed by atoms with Gasteiger partial charge in [0.2, 0.25) is 0 Å². The number of hydrogen-bond acceptors (Lipinski definition) is 5. The summed E-state index contributed by atoms with van der Waals surface area (Å²) in [5, 5.41) is 8.65. The van der Waals surface area contributed by atoms with Gasteiger partial charge in [0.1, 0.15) is 4.32 Å². The number of amides is 1. The number of benzene rings is 1. The number of anilines is 2. The fraction of sp³-hybridized carbons (Fsp3) is 0.182. The molecule has 0 saturated carbocycles. The van der Waals surface area contributed by atoms with E-state index in [-0.39, 0.29) is 10.4 Å². The molecule has 0 aliphatic carbocycles. The van der Waals surface area contributed by atoms with E-state index in [4.69, 9.17) is 24.4 Å². The number of para-hydroxylation sites is 2. The second-order valence-electron chi connectivity index (χ2n) is 3.23. The van der Waals surface area contributed by atoms with Crippen molar-refractivity contribution in [2.45, 2.75) is 0 Å². The van der Waals surface area contributed by atoms with Crippen molar-refractivity contribution >= 4 is 74.0 Å². The Morgan fingerprint density at radius 1 is 1.05 bits per heavy atom. The Morgan fingerprint density at radius 3 is 2.16 bits per heavy atom. The van der Waals surface area contributed by atoms with Crippen LogP contribution >= 0.6 is 48.0 Å². The number of carbonyl (C=O) groups is 1. The van der Waals surface area contributed by atoms with Crippen molar-refractivity contribution in [3.8, 4) is 0 Å². The van der Waals surface area contributed by atoms with Crippen LogP contribution in [0.25, 0.3) is 0 Å². The maximum absolute atomic E-state index is 11.2. The minimum absolute atomic E-state index is 0.206. The quantitative estimate of drug-likeness (QED) is 0.717. The predicted octanol–water partition coefficient (Wildman–Crippen LogP) is 3.52. The molecule has 19 heavy (non-hydrogen) atoms. The van der Waals surface area contributed by atoms with Crippen molar-refractivity contribution in [3.63, 3.8) is 0 Å². The van der Waals surface area contributed by atoms with Crippen molar-refractivity contribution in [2.75, 3.05) is 23.1 Å². The van der Waals surface area contributed by atoms with E-state index in [9.17, 15) is 4.79 Å². The fourth-order valence-corrected chi connectivity index (χ4v) is 1.95. The van der Waals surface area contributed by atoms with Gasteiger partial charge >= 0.3 is 0 Å². The summed E-state index contributed by atoms with van der Waals surface area (Å²) in [4.78, 5) is 11.2. The predicted molar refractivity (Wildman–Crippen MR) is 94.4 cm³/mol. The van der Waals surface area contributed by atoms with Crippen molar-refractivity contribution in [3.05, 3.63) is 24.3 Å². The Kier molecular flexibility index (Phi) is 7.14. The summed E-state index contributed by atoms with van der Waals surface area (Å²) < 4.78 is 0.660. The lowest BCUT2D eigenvalue weighted by Gasteiger charge is -2.14. The van der Waals surface area contributed by atoms with E-state index in [1.807, 2.05) is 30.5 Å². The zero-order chi connectivity index (χ0) is 14.3. The average molecular weight is 332 g/mol. The minimum atomic E-state index is -0.206. The van der Waals surface area contributed by atoms with Crippen LogP contribution in [0.15, 0.2) is 24.3 Å². The molecule has 0 spiro atoms. The van der Waals surface area contributed by atoms with Gasteiger partial charge in [-0.1, -0.05) is 36.1 Å². The van der Waals surface area contributed by atoms with Gasteiger partial charge in [-0.2, -0.15) is 0 Å². The molecule has 1 aromatic carbocycles. The van der Waals surface area contributed by atoms with Crippen LogP contribution in [0.1, 0.15) is 0 Å². The van der Waals surface area contributed by atoms with Crippen LogP contribution in [-0.4, -0.2) is 27.2 Å². The van der Waals surface area contributed by atoms with E-state index in [1.54, 1.807) is 6.26 Å². The van der Waals surface area contributed by atoms with Gasteiger partial charge in [0.05, 0.1) is 11.4 Å². The zero-order valence-electron chi connectivity index (χ0n) is 10.4. The van der Waals surface area contributed by atoms with Crippen LogP contribution in [0, 0.1) is 0 Å². The number of thiocarbonyl (C=S) groups is 2. The summed E-state index contributed by atoms with van der Waals surface area (Å²) >= 11 is 12.7. The van der Waals surface area contributed by atoms with E-state index in [0.717, 1.165) is 23.1 Å². The molecule has 0 aromatic heterocycles. The Morgan fingerprint density at radius 2 is 1.63 bits per heavy atom. The third kappa shape index (κ3) is 5.77. The lowest BCUT2D eigenvalue weighted by Crippen LogP contribution is -2.31. The number of thioether (sulfide) groups is 2. The monoisotopic (exact) mass is 331 g/mol. The first-order valence-electron chi connectivity index (χ1n) is 5.16. The standard InChI is InChI=1S/C11H13N3OS4/c1-18-10(15)14-9(16)12-7-5-3-4-6-8(7)13-11(17)19-2/h3-6H,1-2H3,(H,13,17)(H2,12,14,15,16). The Balaban J connectivity index is 2.75. The van der Waals surface area contributed by atoms with Gasteiger partial charge in [0, 0.05) is 0 Å². The molecule has 3 N–H and O–H groups in total. The summed E-state index contributed by atoms with van der Waals surface area (Å²) in [6.45, 7) is 0. The summed E-state index contributed by atoms with van der Waals surface area (Å²) in [5.41, 5.74) is 1.56.